The minimum absolute atomic E-state index is 0.0761. The van der Waals surface area contributed by atoms with Gasteiger partial charge < -0.3 is 49.6 Å². The third-order valence-electron chi connectivity index (χ3n) is 4.88. The highest BCUT2D eigenvalue weighted by Crippen LogP contribution is 2.45. The first-order valence-electron chi connectivity index (χ1n) is 10.1. The van der Waals surface area contributed by atoms with Crippen molar-refractivity contribution >= 4 is 46.4 Å². The molecule has 21 nitrogen and oxygen atoms in total. The summed E-state index contributed by atoms with van der Waals surface area (Å²) in [5.41, 5.74) is -0.165. The molecule has 1 fully saturated rings. The lowest BCUT2D eigenvalue weighted by molar-refractivity contribution is -0.138. The molecule has 5 atom stereocenters. The van der Waals surface area contributed by atoms with Crippen LogP contribution >= 0.6 is 23.5 Å². The van der Waals surface area contributed by atoms with Gasteiger partial charge in [0.25, 0.3) is 0 Å². The first kappa shape index (κ1) is 30.6. The van der Waals surface area contributed by atoms with E-state index >= 15 is 0 Å². The molecule has 0 aromatic carbocycles. The quantitative estimate of drug-likeness (QED) is 0.111. The van der Waals surface area contributed by atoms with Crippen LogP contribution in [-0.4, -0.2) is 103 Å². The molecule has 3 rings (SSSR count). The van der Waals surface area contributed by atoms with Crippen LogP contribution in [0.2, 0.25) is 0 Å². The largest absolute Gasteiger partial charge is 0.480 e. The van der Waals surface area contributed by atoms with E-state index < -0.39 is 79.7 Å². The molecule has 3 heterocycles. The molecule has 0 saturated carbocycles. The summed E-state index contributed by atoms with van der Waals surface area (Å²) < 4.78 is 52.9. The highest BCUT2D eigenvalue weighted by molar-refractivity contribution is 7.46. The fourth-order valence-electron chi connectivity index (χ4n) is 3.40. The number of hydrogen-bond donors (Lipinski definition) is 9. The van der Waals surface area contributed by atoms with E-state index in [1.54, 1.807) is 0 Å². The van der Waals surface area contributed by atoms with Crippen molar-refractivity contribution in [3.8, 4) is 0 Å². The minimum atomic E-state index is -5.22. The van der Waals surface area contributed by atoms with Crippen molar-refractivity contribution in [3.63, 3.8) is 0 Å². The van der Waals surface area contributed by atoms with Gasteiger partial charge in [-0.3, -0.25) is 18.1 Å². The second-order valence-corrected chi connectivity index (χ2v) is 11.3. The van der Waals surface area contributed by atoms with E-state index in [0.717, 1.165) is 17.2 Å². The van der Waals surface area contributed by atoms with Gasteiger partial charge in [-0.15, -0.1) is 0 Å². The van der Waals surface area contributed by atoms with Gasteiger partial charge in [-0.05, 0) is 0 Å². The third-order valence-corrected chi connectivity index (χ3v) is 6.41. The second kappa shape index (κ2) is 11.7. The number of anilines is 1. The summed E-state index contributed by atoms with van der Waals surface area (Å²) in [5, 5.41) is 22.6. The molecule has 0 spiro atoms. The molecule has 0 radical (unpaired) electrons. The van der Waals surface area contributed by atoms with Crippen LogP contribution in [0.25, 0.3) is 11.2 Å². The summed E-state index contributed by atoms with van der Waals surface area (Å²) in [7, 11) is -15.1. The van der Waals surface area contributed by atoms with Crippen LogP contribution in [-0.2, 0) is 36.8 Å². The molecule has 38 heavy (non-hydrogen) atoms. The van der Waals surface area contributed by atoms with E-state index in [-0.39, 0.29) is 17.0 Å². The molecule has 24 heteroatoms. The molecule has 1 saturated heterocycles. The Labute approximate surface area is 211 Å². The van der Waals surface area contributed by atoms with Gasteiger partial charge in [0.05, 0.1) is 19.5 Å². The molecule has 0 amide bonds. The van der Waals surface area contributed by atoms with Gasteiger partial charge in [0, 0.05) is 6.42 Å². The fourth-order valence-corrected chi connectivity index (χ4v) is 4.66. The summed E-state index contributed by atoms with van der Waals surface area (Å²) >= 11 is 0. The van der Waals surface area contributed by atoms with Crippen molar-refractivity contribution < 1.29 is 76.4 Å². The maximum atomic E-state index is 11.6. The van der Waals surface area contributed by atoms with E-state index in [0.29, 0.717) is 0 Å². The molecule has 214 valence electrons. The molecular formula is C14H22N5O16P3. The number of carboxylic acids is 1. The highest BCUT2D eigenvalue weighted by atomic mass is 31.2. The van der Waals surface area contributed by atoms with Crippen molar-refractivity contribution in [2.45, 2.75) is 37.0 Å². The number of phosphoric ester groups is 3. The van der Waals surface area contributed by atoms with Gasteiger partial charge in [-0.25, -0.2) is 33.4 Å². The van der Waals surface area contributed by atoms with Crippen LogP contribution in [0.4, 0.5) is 5.82 Å². The van der Waals surface area contributed by atoms with E-state index in [1.165, 1.54) is 0 Å². The number of phosphoric acid groups is 3. The zero-order valence-electron chi connectivity index (χ0n) is 18.6. The number of aliphatic hydroxyl groups is 1. The summed E-state index contributed by atoms with van der Waals surface area (Å²) in [6.07, 6.45) is -5.18. The number of nitrogens with zero attached hydrogens (tertiary/aromatic N) is 4. The third kappa shape index (κ3) is 8.28. The number of aliphatic hydroxyl groups excluding tert-OH is 1. The van der Waals surface area contributed by atoms with Crippen LogP contribution in [0.15, 0.2) is 12.7 Å². The standard InChI is InChI=1S/C14H22N5O16P3/c20-9-10(35-38(29,30)31)7(3-33-37(26,27)28)34-13(9)19-5-17-8-11(15-4-16-12(8)19)18-6(14(21)22)1-2-32-36(23,24)25/h4-7,9-10,13,20H,1-3H2,(H,21,22)(H,15,16,18)(H2,23,24,25)(H2,26,27,28)(H2,29,30,31)/t6?,7-,9+,10?,13-/m1/s1. The van der Waals surface area contributed by atoms with E-state index in [1.807, 2.05) is 0 Å². The number of carboxylic acid groups (broad SMARTS) is 1. The molecule has 0 bridgehead atoms. The number of aromatic nitrogens is 4. The molecule has 2 unspecified atom stereocenters. The Morgan fingerprint density at radius 1 is 1.05 bits per heavy atom. The summed E-state index contributed by atoms with van der Waals surface area (Å²) in [4.78, 5) is 77.2. The zero-order chi connectivity index (χ0) is 28.5. The summed E-state index contributed by atoms with van der Waals surface area (Å²) in [6.45, 7) is -1.56. The first-order chi connectivity index (χ1) is 17.5. The van der Waals surface area contributed by atoms with Gasteiger partial charge >= 0.3 is 29.4 Å². The first-order valence-corrected chi connectivity index (χ1v) is 14.7. The maximum Gasteiger partial charge on any atom is 0.470 e. The van der Waals surface area contributed by atoms with Crippen molar-refractivity contribution in [2.24, 2.45) is 0 Å². The van der Waals surface area contributed by atoms with Crippen LogP contribution in [0.5, 0.6) is 0 Å². The van der Waals surface area contributed by atoms with Gasteiger partial charge in [0.2, 0.25) is 0 Å². The Kier molecular flexibility index (Phi) is 9.40. The molecule has 1 aliphatic rings. The van der Waals surface area contributed by atoms with Crippen molar-refractivity contribution in [3.05, 3.63) is 12.7 Å². The van der Waals surface area contributed by atoms with Crippen LogP contribution in [0, 0.1) is 0 Å². The summed E-state index contributed by atoms with van der Waals surface area (Å²) in [5.74, 6) is -1.58. The number of aliphatic carboxylic acids is 1. The number of nitrogens with one attached hydrogen (secondary N) is 1. The highest BCUT2D eigenvalue weighted by Gasteiger charge is 2.49. The topological polar surface area (TPSA) is 323 Å². The lowest BCUT2D eigenvalue weighted by Gasteiger charge is -2.21. The number of imidazole rings is 1. The van der Waals surface area contributed by atoms with Gasteiger partial charge in [-0.1, -0.05) is 0 Å². The molecule has 1 aliphatic heterocycles. The van der Waals surface area contributed by atoms with Gasteiger partial charge in [0.1, 0.15) is 30.7 Å². The van der Waals surface area contributed by atoms with E-state index in [4.69, 9.17) is 24.3 Å². The minimum Gasteiger partial charge on any atom is -0.480 e. The SMILES string of the molecule is O=C(O)C(CCOP(=O)(O)O)Nc1ncnc2c1ncn2[C@@H]1O[C@H](COP(=O)(O)O)C(OP(=O)(O)O)[C@@H]1O. The predicted molar refractivity (Wildman–Crippen MR) is 118 cm³/mol. The smallest absolute Gasteiger partial charge is 0.470 e. The van der Waals surface area contributed by atoms with Crippen molar-refractivity contribution in [1.29, 1.82) is 0 Å². The van der Waals surface area contributed by atoms with Crippen molar-refractivity contribution in [2.75, 3.05) is 18.5 Å². The maximum absolute atomic E-state index is 11.6. The lowest BCUT2D eigenvalue weighted by atomic mass is 10.1. The fraction of sp³-hybridized carbons (Fsp3) is 0.571. The number of carbonyl (C=O) groups is 1. The lowest BCUT2D eigenvalue weighted by Crippen LogP contribution is -2.35. The average molecular weight is 609 g/mol. The Hall–Kier alpha value is -1.93. The monoisotopic (exact) mass is 609 g/mol. The van der Waals surface area contributed by atoms with E-state index in [9.17, 15) is 38.5 Å². The van der Waals surface area contributed by atoms with Crippen LogP contribution in [0.3, 0.4) is 0 Å². The van der Waals surface area contributed by atoms with Crippen molar-refractivity contribution in [1.82, 2.24) is 19.5 Å². The molecule has 2 aromatic rings. The van der Waals surface area contributed by atoms with Crippen LogP contribution in [0.1, 0.15) is 12.6 Å². The molecule has 2 aromatic heterocycles. The van der Waals surface area contributed by atoms with Gasteiger partial charge in [0.15, 0.2) is 23.2 Å². The molecule has 9 N–H and O–H groups in total. The Morgan fingerprint density at radius 2 is 1.71 bits per heavy atom. The number of ether oxygens (including phenoxy) is 1. The molecule has 0 aliphatic carbocycles. The average Bonchev–Trinajstić information content (AvgIpc) is 3.31. The van der Waals surface area contributed by atoms with Crippen LogP contribution < -0.4 is 5.32 Å². The Morgan fingerprint density at radius 3 is 2.29 bits per heavy atom. The second-order valence-electron chi connectivity index (χ2n) is 7.60. The van der Waals surface area contributed by atoms with E-state index in [2.05, 4.69) is 33.8 Å². The number of hydrogen-bond acceptors (Lipinski definition) is 13. The predicted octanol–water partition coefficient (Wildman–Crippen LogP) is -1.96. The number of fused-ring (bicyclic) bond motifs is 1. The summed E-state index contributed by atoms with van der Waals surface area (Å²) in [6, 6.07) is -1.45. The van der Waals surface area contributed by atoms with Gasteiger partial charge in [-0.2, -0.15) is 0 Å². The Balaban J connectivity index is 1.87. The molecular weight excluding hydrogens is 587 g/mol. The normalized spacial score (nSPS) is 23.6. The number of rotatable bonds is 13. The Bertz CT molecular complexity index is 1290. The zero-order valence-corrected chi connectivity index (χ0v) is 21.3.